The summed E-state index contributed by atoms with van der Waals surface area (Å²) in [6.07, 6.45) is -4.28. The summed E-state index contributed by atoms with van der Waals surface area (Å²) >= 11 is 3.37. The van der Waals surface area contributed by atoms with E-state index in [9.17, 15) is 13.2 Å². The van der Waals surface area contributed by atoms with Gasteiger partial charge in [-0.2, -0.15) is 13.2 Å². The van der Waals surface area contributed by atoms with Crippen LogP contribution in [0.1, 0.15) is 11.1 Å². The normalized spacial score (nSPS) is 11.6. The van der Waals surface area contributed by atoms with E-state index in [1.807, 2.05) is 24.3 Å². The lowest BCUT2D eigenvalue weighted by Crippen LogP contribution is -2.04. The molecule has 2 aromatic carbocycles. The zero-order valence-electron chi connectivity index (χ0n) is 9.34. The molecule has 0 saturated carbocycles. The molecule has 0 N–H and O–H groups in total. The molecule has 0 aromatic heterocycles. The number of alkyl halides is 4. The van der Waals surface area contributed by atoms with E-state index in [1.165, 1.54) is 12.1 Å². The van der Waals surface area contributed by atoms with Gasteiger partial charge in [0.05, 0.1) is 5.56 Å². The van der Waals surface area contributed by atoms with Gasteiger partial charge in [-0.05, 0) is 28.8 Å². The molecular weight excluding hydrogens is 305 g/mol. The Morgan fingerprint density at radius 3 is 2.06 bits per heavy atom. The number of benzene rings is 2. The quantitative estimate of drug-likeness (QED) is 0.663. The predicted molar refractivity (Wildman–Crippen MR) is 69.5 cm³/mol. The predicted octanol–water partition coefficient (Wildman–Crippen LogP) is 5.27. The van der Waals surface area contributed by atoms with Gasteiger partial charge in [0.2, 0.25) is 0 Å². The first-order valence-corrected chi connectivity index (χ1v) is 6.46. The largest absolute Gasteiger partial charge is 0.416 e. The molecule has 0 bridgehead atoms. The fraction of sp³-hybridized carbons (Fsp3) is 0.143. The Morgan fingerprint density at radius 1 is 0.889 bits per heavy atom. The Bertz CT molecular complexity index is 529. The summed E-state index contributed by atoms with van der Waals surface area (Å²) in [6.45, 7) is 0. The molecule has 0 aliphatic rings. The molecule has 4 heteroatoms. The summed E-state index contributed by atoms with van der Waals surface area (Å²) in [5, 5.41) is 0.671. The van der Waals surface area contributed by atoms with E-state index in [1.54, 1.807) is 0 Å². The van der Waals surface area contributed by atoms with Gasteiger partial charge in [-0.3, -0.25) is 0 Å². The zero-order valence-corrected chi connectivity index (χ0v) is 10.9. The Morgan fingerprint density at radius 2 is 1.50 bits per heavy atom. The Balaban J connectivity index is 2.41. The highest BCUT2D eigenvalue weighted by Crippen LogP contribution is 2.32. The maximum absolute atomic E-state index is 12.5. The van der Waals surface area contributed by atoms with Gasteiger partial charge in [0.1, 0.15) is 0 Å². The van der Waals surface area contributed by atoms with Crippen LogP contribution < -0.4 is 0 Å². The van der Waals surface area contributed by atoms with Crippen molar-refractivity contribution < 1.29 is 13.2 Å². The van der Waals surface area contributed by atoms with Crippen LogP contribution >= 0.6 is 15.9 Å². The third kappa shape index (κ3) is 2.75. The minimum absolute atomic E-state index is 0.623. The summed E-state index contributed by atoms with van der Waals surface area (Å²) in [4.78, 5) is 0. The van der Waals surface area contributed by atoms with E-state index in [2.05, 4.69) is 15.9 Å². The van der Waals surface area contributed by atoms with Crippen molar-refractivity contribution in [3.63, 3.8) is 0 Å². The van der Waals surface area contributed by atoms with Gasteiger partial charge >= 0.3 is 6.18 Å². The van der Waals surface area contributed by atoms with Crippen LogP contribution in [0.25, 0.3) is 11.1 Å². The van der Waals surface area contributed by atoms with Gasteiger partial charge in [-0.25, -0.2) is 0 Å². The van der Waals surface area contributed by atoms with Crippen LogP contribution in [0, 0.1) is 0 Å². The lowest BCUT2D eigenvalue weighted by molar-refractivity contribution is -0.137. The maximum atomic E-state index is 12.5. The van der Waals surface area contributed by atoms with E-state index in [-0.39, 0.29) is 0 Å². The Kier molecular flexibility index (Phi) is 3.76. The third-order valence-electron chi connectivity index (χ3n) is 2.68. The molecule has 2 aromatic rings. The second kappa shape index (κ2) is 5.14. The fourth-order valence-corrected chi connectivity index (χ4v) is 2.25. The van der Waals surface area contributed by atoms with Crippen LogP contribution in [0.15, 0.2) is 48.5 Å². The van der Waals surface area contributed by atoms with Gasteiger partial charge in [0.25, 0.3) is 0 Å². The van der Waals surface area contributed by atoms with Crippen LogP contribution in [-0.2, 0) is 11.5 Å². The minimum Gasteiger partial charge on any atom is -0.166 e. The number of rotatable bonds is 2. The van der Waals surface area contributed by atoms with E-state index >= 15 is 0 Å². The van der Waals surface area contributed by atoms with E-state index in [0.717, 1.165) is 28.8 Å². The second-order valence-corrected chi connectivity index (χ2v) is 4.43. The molecule has 0 spiro atoms. The first-order chi connectivity index (χ1) is 8.52. The van der Waals surface area contributed by atoms with Gasteiger partial charge in [-0.1, -0.05) is 52.3 Å². The molecule has 94 valence electrons. The highest BCUT2D eigenvalue weighted by Gasteiger charge is 2.29. The van der Waals surface area contributed by atoms with Gasteiger partial charge in [0, 0.05) is 5.33 Å². The van der Waals surface area contributed by atoms with Crippen LogP contribution in [0.4, 0.5) is 13.2 Å². The van der Waals surface area contributed by atoms with Crippen molar-refractivity contribution in [3.05, 3.63) is 59.7 Å². The van der Waals surface area contributed by atoms with Crippen LogP contribution in [0.2, 0.25) is 0 Å². The monoisotopic (exact) mass is 314 g/mol. The molecule has 0 amide bonds. The summed E-state index contributed by atoms with van der Waals surface area (Å²) < 4.78 is 37.4. The molecule has 0 fully saturated rings. The van der Waals surface area contributed by atoms with Crippen molar-refractivity contribution in [2.24, 2.45) is 0 Å². The highest BCUT2D eigenvalue weighted by molar-refractivity contribution is 9.08. The molecule has 0 saturated heterocycles. The molecule has 2 rings (SSSR count). The molecule has 0 atom stereocenters. The van der Waals surface area contributed by atoms with Crippen molar-refractivity contribution in [2.45, 2.75) is 11.5 Å². The van der Waals surface area contributed by atoms with Crippen molar-refractivity contribution in [1.29, 1.82) is 0 Å². The average molecular weight is 315 g/mol. The lowest BCUT2D eigenvalue weighted by atomic mass is 9.99. The molecule has 0 heterocycles. The van der Waals surface area contributed by atoms with Gasteiger partial charge in [0.15, 0.2) is 0 Å². The second-order valence-electron chi connectivity index (χ2n) is 3.87. The molecule has 18 heavy (non-hydrogen) atoms. The topological polar surface area (TPSA) is 0 Å². The zero-order chi connectivity index (χ0) is 13.2. The van der Waals surface area contributed by atoms with Crippen molar-refractivity contribution in [2.75, 3.05) is 0 Å². The Labute approximate surface area is 112 Å². The van der Waals surface area contributed by atoms with Gasteiger partial charge in [-0.15, -0.1) is 0 Å². The lowest BCUT2D eigenvalue weighted by Gasteiger charge is -2.10. The van der Waals surface area contributed by atoms with Crippen molar-refractivity contribution in [1.82, 2.24) is 0 Å². The average Bonchev–Trinajstić information content (AvgIpc) is 2.38. The molecule has 0 nitrogen and oxygen atoms in total. The molecule has 0 aliphatic heterocycles. The van der Waals surface area contributed by atoms with Crippen LogP contribution in [0.3, 0.4) is 0 Å². The Hall–Kier alpha value is -1.29. The van der Waals surface area contributed by atoms with Crippen molar-refractivity contribution >= 4 is 15.9 Å². The molecule has 0 aliphatic carbocycles. The summed E-state index contributed by atoms with van der Waals surface area (Å²) in [6, 6.07) is 12.9. The smallest absolute Gasteiger partial charge is 0.166 e. The molecular formula is C14H10BrF3. The van der Waals surface area contributed by atoms with Crippen LogP contribution in [-0.4, -0.2) is 0 Å². The molecule has 0 unspecified atom stereocenters. The van der Waals surface area contributed by atoms with E-state index in [4.69, 9.17) is 0 Å². The maximum Gasteiger partial charge on any atom is 0.416 e. The highest BCUT2D eigenvalue weighted by atomic mass is 79.9. The number of hydrogen-bond donors (Lipinski definition) is 0. The first-order valence-electron chi connectivity index (χ1n) is 5.34. The minimum atomic E-state index is -4.28. The standard InChI is InChI=1S/C14H10BrF3/c15-9-11-3-1-2-4-13(11)10-5-7-12(8-6-10)14(16,17)18/h1-8H,9H2. The SMILES string of the molecule is FC(F)(F)c1ccc(-c2ccccc2CBr)cc1. The third-order valence-corrected chi connectivity index (χ3v) is 3.29. The van der Waals surface area contributed by atoms with Crippen molar-refractivity contribution in [3.8, 4) is 11.1 Å². The first kappa shape index (κ1) is 13.1. The molecule has 0 radical (unpaired) electrons. The van der Waals surface area contributed by atoms with Gasteiger partial charge < -0.3 is 0 Å². The fourth-order valence-electron chi connectivity index (χ4n) is 1.76. The summed E-state index contributed by atoms with van der Waals surface area (Å²) in [7, 11) is 0. The summed E-state index contributed by atoms with van der Waals surface area (Å²) in [5.41, 5.74) is 2.17. The summed E-state index contributed by atoms with van der Waals surface area (Å²) in [5.74, 6) is 0. The number of halogens is 4. The number of hydrogen-bond acceptors (Lipinski definition) is 0. The van der Waals surface area contributed by atoms with Crippen LogP contribution in [0.5, 0.6) is 0 Å². The van der Waals surface area contributed by atoms with E-state index in [0.29, 0.717) is 5.33 Å². The van der Waals surface area contributed by atoms with E-state index < -0.39 is 11.7 Å².